The fourth-order valence-corrected chi connectivity index (χ4v) is 2.58. The van der Waals surface area contributed by atoms with Crippen LogP contribution >= 0.6 is 0 Å². The van der Waals surface area contributed by atoms with Gasteiger partial charge in [0.25, 0.3) is 11.5 Å². The van der Waals surface area contributed by atoms with Gasteiger partial charge in [-0.25, -0.2) is 9.67 Å². The molecule has 0 unspecified atom stereocenters. The van der Waals surface area contributed by atoms with Crippen LogP contribution in [0.3, 0.4) is 0 Å². The fourth-order valence-electron chi connectivity index (χ4n) is 2.58. The Morgan fingerprint density at radius 2 is 1.93 bits per heavy atom. The maximum atomic E-state index is 12.4. The van der Waals surface area contributed by atoms with Crippen LogP contribution in [0.4, 0.5) is 5.69 Å². The molecule has 0 aliphatic heterocycles. The summed E-state index contributed by atoms with van der Waals surface area (Å²) < 4.78 is 8.69. The van der Waals surface area contributed by atoms with Gasteiger partial charge in [0.05, 0.1) is 12.2 Å². The first kappa shape index (κ1) is 16.5. The number of pyridine rings is 1. The average molecular weight is 361 g/mol. The first-order valence-corrected chi connectivity index (χ1v) is 8.20. The van der Waals surface area contributed by atoms with Crippen molar-refractivity contribution in [3.8, 4) is 5.69 Å². The highest BCUT2D eigenvalue weighted by Crippen LogP contribution is 2.15. The van der Waals surface area contributed by atoms with Gasteiger partial charge in [-0.1, -0.05) is 6.07 Å². The molecule has 0 saturated heterocycles. The maximum Gasteiger partial charge on any atom is 0.291 e. The molecule has 1 amide bonds. The van der Waals surface area contributed by atoms with Gasteiger partial charge in [0.1, 0.15) is 18.4 Å². The van der Waals surface area contributed by atoms with Gasteiger partial charge in [-0.2, -0.15) is 5.10 Å². The third kappa shape index (κ3) is 3.69. The van der Waals surface area contributed by atoms with Crippen LogP contribution in [0, 0.1) is 0 Å². The normalized spacial score (nSPS) is 10.7. The van der Waals surface area contributed by atoms with Crippen molar-refractivity contribution in [2.75, 3.05) is 5.32 Å². The number of amides is 1. The Labute approximate surface area is 153 Å². The molecule has 0 radical (unpaired) electrons. The van der Waals surface area contributed by atoms with E-state index in [4.69, 9.17) is 4.42 Å². The largest absolute Gasteiger partial charge is 0.454 e. The zero-order chi connectivity index (χ0) is 18.6. The lowest BCUT2D eigenvalue weighted by Crippen LogP contribution is -2.18. The molecule has 4 rings (SSSR count). The van der Waals surface area contributed by atoms with Crippen molar-refractivity contribution in [1.82, 2.24) is 19.3 Å². The number of carbonyl (C=O) groups excluding carboxylic acids is 1. The summed E-state index contributed by atoms with van der Waals surface area (Å²) in [4.78, 5) is 28.0. The summed E-state index contributed by atoms with van der Waals surface area (Å²) in [7, 11) is 0. The molecule has 0 bridgehead atoms. The summed E-state index contributed by atoms with van der Waals surface area (Å²) in [6, 6.07) is 15.4. The molecule has 4 aromatic rings. The first-order valence-electron chi connectivity index (χ1n) is 8.20. The minimum absolute atomic E-state index is 0.132. The molecule has 0 aliphatic rings. The number of benzene rings is 1. The van der Waals surface area contributed by atoms with Crippen molar-refractivity contribution in [1.29, 1.82) is 0 Å². The minimum atomic E-state index is -0.366. The van der Waals surface area contributed by atoms with E-state index in [0.717, 1.165) is 5.69 Å². The number of nitrogens with zero attached hydrogens (tertiary/aromatic N) is 4. The molecular formula is C19H15N5O3. The van der Waals surface area contributed by atoms with Gasteiger partial charge in [-0.3, -0.25) is 9.59 Å². The molecule has 0 saturated carbocycles. The molecule has 0 atom stereocenters. The predicted octanol–water partition coefficient (Wildman–Crippen LogP) is 2.32. The molecule has 0 aliphatic carbocycles. The molecule has 8 heteroatoms. The number of hydrogen-bond acceptors (Lipinski definition) is 5. The van der Waals surface area contributed by atoms with E-state index >= 15 is 0 Å². The Bertz CT molecular complexity index is 1110. The summed E-state index contributed by atoms with van der Waals surface area (Å²) >= 11 is 0. The second-order valence-corrected chi connectivity index (χ2v) is 5.77. The van der Waals surface area contributed by atoms with E-state index in [9.17, 15) is 9.59 Å². The van der Waals surface area contributed by atoms with Crippen molar-refractivity contribution in [3.63, 3.8) is 0 Å². The van der Waals surface area contributed by atoms with E-state index in [1.54, 1.807) is 53.6 Å². The molecule has 134 valence electrons. The van der Waals surface area contributed by atoms with E-state index in [2.05, 4.69) is 15.4 Å². The highest BCUT2D eigenvalue weighted by atomic mass is 16.4. The lowest BCUT2D eigenvalue weighted by Gasteiger charge is -2.05. The molecule has 1 N–H and O–H groups in total. The van der Waals surface area contributed by atoms with Crippen LogP contribution in [-0.2, 0) is 6.54 Å². The van der Waals surface area contributed by atoms with E-state index in [-0.39, 0.29) is 23.8 Å². The van der Waals surface area contributed by atoms with E-state index in [1.807, 2.05) is 12.1 Å². The van der Waals surface area contributed by atoms with E-state index in [1.165, 1.54) is 17.0 Å². The Morgan fingerprint density at radius 3 is 2.67 bits per heavy atom. The molecule has 1 aromatic carbocycles. The lowest BCUT2D eigenvalue weighted by molar-refractivity contribution is 0.0994. The Morgan fingerprint density at radius 1 is 1.07 bits per heavy atom. The van der Waals surface area contributed by atoms with Crippen LogP contribution in [0.2, 0.25) is 0 Å². The quantitative estimate of drug-likeness (QED) is 0.589. The van der Waals surface area contributed by atoms with Gasteiger partial charge in [-0.05, 0) is 42.5 Å². The molecule has 3 heterocycles. The van der Waals surface area contributed by atoms with E-state index in [0.29, 0.717) is 11.4 Å². The number of furan rings is 1. The highest BCUT2D eigenvalue weighted by Gasteiger charge is 2.12. The van der Waals surface area contributed by atoms with Crippen molar-refractivity contribution in [2.45, 2.75) is 6.54 Å². The van der Waals surface area contributed by atoms with E-state index < -0.39 is 0 Å². The molecule has 27 heavy (non-hydrogen) atoms. The fraction of sp³-hybridized carbons (Fsp3) is 0.0526. The monoisotopic (exact) mass is 361 g/mol. The zero-order valence-corrected chi connectivity index (χ0v) is 14.1. The predicted molar refractivity (Wildman–Crippen MR) is 97.8 cm³/mol. The van der Waals surface area contributed by atoms with Gasteiger partial charge < -0.3 is 14.3 Å². The van der Waals surface area contributed by atoms with Crippen LogP contribution in [-0.4, -0.2) is 25.2 Å². The number of rotatable bonds is 5. The van der Waals surface area contributed by atoms with Crippen molar-refractivity contribution < 1.29 is 9.21 Å². The topological polar surface area (TPSA) is 95.0 Å². The molecule has 0 fully saturated rings. The van der Waals surface area contributed by atoms with Gasteiger partial charge >= 0.3 is 0 Å². The second kappa shape index (κ2) is 7.12. The number of anilines is 1. The third-order valence-corrected chi connectivity index (χ3v) is 3.92. The van der Waals surface area contributed by atoms with Crippen molar-refractivity contribution in [2.24, 2.45) is 0 Å². The number of aromatic nitrogens is 4. The number of hydrogen-bond donors (Lipinski definition) is 1. The van der Waals surface area contributed by atoms with Crippen molar-refractivity contribution in [3.05, 3.63) is 95.3 Å². The summed E-state index contributed by atoms with van der Waals surface area (Å²) in [6.07, 6.45) is 4.71. The van der Waals surface area contributed by atoms with Crippen molar-refractivity contribution >= 4 is 11.6 Å². The molecule has 3 aromatic heterocycles. The molecule has 0 spiro atoms. The van der Waals surface area contributed by atoms with Gasteiger partial charge in [0, 0.05) is 18.0 Å². The van der Waals surface area contributed by atoms with Gasteiger partial charge in [0.2, 0.25) is 0 Å². The highest BCUT2D eigenvalue weighted by molar-refractivity contribution is 6.02. The number of carbonyl (C=O) groups is 1. The first-order chi connectivity index (χ1) is 13.2. The number of nitrogens with one attached hydrogen (secondary N) is 1. The summed E-state index contributed by atoms with van der Waals surface area (Å²) in [5, 5.41) is 6.82. The summed E-state index contributed by atoms with van der Waals surface area (Å²) in [5.74, 6) is 0.333. The zero-order valence-electron chi connectivity index (χ0n) is 14.1. The maximum absolute atomic E-state index is 12.4. The second-order valence-electron chi connectivity index (χ2n) is 5.77. The van der Waals surface area contributed by atoms with Crippen LogP contribution in [0.5, 0.6) is 0 Å². The SMILES string of the molecule is O=C(Nc1ccc(-n2cncn2)cc1)c1ccc(Cn2ccccc2=O)o1. The molecular weight excluding hydrogens is 346 g/mol. The lowest BCUT2D eigenvalue weighted by atomic mass is 10.2. The molecule has 8 nitrogen and oxygen atoms in total. The van der Waals surface area contributed by atoms with Crippen LogP contribution in [0.1, 0.15) is 16.3 Å². The Kier molecular flexibility index (Phi) is 4.36. The van der Waals surface area contributed by atoms with Crippen LogP contribution in [0.25, 0.3) is 5.69 Å². The standard InChI is InChI=1S/C19H15N5O3/c25-18-3-1-2-10-23(18)11-16-8-9-17(27-16)19(26)22-14-4-6-15(7-5-14)24-13-20-12-21-24/h1-10,12-13H,11H2,(H,22,26). The average Bonchev–Trinajstić information content (AvgIpc) is 3.36. The van der Waals surface area contributed by atoms with Crippen LogP contribution in [0.15, 0.2) is 82.7 Å². The van der Waals surface area contributed by atoms with Gasteiger partial charge in [0.15, 0.2) is 5.76 Å². The van der Waals surface area contributed by atoms with Gasteiger partial charge in [-0.15, -0.1) is 0 Å². The summed E-state index contributed by atoms with van der Waals surface area (Å²) in [5.41, 5.74) is 1.33. The minimum Gasteiger partial charge on any atom is -0.454 e. The Hall–Kier alpha value is -3.94. The Balaban J connectivity index is 1.44. The summed E-state index contributed by atoms with van der Waals surface area (Å²) in [6.45, 7) is 0.263. The van der Waals surface area contributed by atoms with Crippen LogP contribution < -0.4 is 10.9 Å². The smallest absolute Gasteiger partial charge is 0.291 e. The third-order valence-electron chi connectivity index (χ3n) is 3.92.